The molecule has 10 heteroatoms. The number of nitrogens with zero attached hydrogens (tertiary/aromatic N) is 3. The van der Waals surface area contributed by atoms with E-state index in [4.69, 9.17) is 14.4 Å². The lowest BCUT2D eigenvalue weighted by Crippen LogP contribution is -2.00. The van der Waals surface area contributed by atoms with Gasteiger partial charge in [-0.05, 0) is 6.42 Å². The first-order chi connectivity index (χ1) is 7.11. The van der Waals surface area contributed by atoms with E-state index in [9.17, 15) is 4.91 Å². The van der Waals surface area contributed by atoms with Crippen LogP contribution in [0.15, 0.2) is 11.7 Å². The van der Waals surface area contributed by atoms with Gasteiger partial charge in [0.25, 0.3) is 0 Å². The summed E-state index contributed by atoms with van der Waals surface area (Å²) in [5, 5.41) is 8.53. The molecule has 0 fully saturated rings. The van der Waals surface area contributed by atoms with E-state index in [0.29, 0.717) is 12.2 Å². The average Bonchev–Trinajstić information content (AvgIpc) is 2.66. The Hall–Kier alpha value is -1.44. The van der Waals surface area contributed by atoms with Gasteiger partial charge < -0.3 is 4.84 Å². The number of rotatable bonds is 4. The number of aromatic amines is 1. The summed E-state index contributed by atoms with van der Waals surface area (Å²) >= 11 is 0. The van der Waals surface area contributed by atoms with Crippen LogP contribution < -0.4 is 0 Å². The first-order valence-corrected chi connectivity index (χ1v) is 4.97. The summed E-state index contributed by atoms with van der Waals surface area (Å²) in [7, 11) is -2.87. The third-order valence-electron chi connectivity index (χ3n) is 1.28. The minimum absolute atomic E-state index is 0.407. The molecule has 0 aliphatic rings. The molecule has 0 aliphatic heterocycles. The lowest BCUT2D eigenvalue weighted by atomic mass is 10.3. The van der Waals surface area contributed by atoms with Crippen molar-refractivity contribution in [3.8, 4) is 0 Å². The molecule has 3 N–H and O–H groups in total. The number of hydrogen-bond donors (Lipinski definition) is 3. The van der Waals surface area contributed by atoms with Gasteiger partial charge in [-0.1, -0.05) is 6.92 Å². The maximum Gasteiger partial charge on any atom is 0.692 e. The molecule has 1 unspecified atom stereocenters. The summed E-state index contributed by atoms with van der Waals surface area (Å²) in [6.45, 7) is 1.86. The van der Waals surface area contributed by atoms with E-state index in [1.165, 1.54) is 6.33 Å². The summed E-state index contributed by atoms with van der Waals surface area (Å²) in [6.07, 6.45) is 1.57. The smallest absolute Gasteiger partial charge is 0.353 e. The number of H-pyrrole nitrogens is 1. The molecule has 84 valence electrons. The lowest BCUT2D eigenvalue weighted by molar-refractivity contribution is 0.0460. The quantitative estimate of drug-likeness (QED) is 0.395. The summed E-state index contributed by atoms with van der Waals surface area (Å²) < 4.78 is 8.70. The third kappa shape index (κ3) is 6.61. The van der Waals surface area contributed by atoms with Crippen molar-refractivity contribution >= 4 is 8.25 Å². The zero-order valence-corrected chi connectivity index (χ0v) is 8.66. The first kappa shape index (κ1) is 13.6. The standard InChI is InChI=1S/C5H8N4O2.HO3P/c1-2-4(11-9-10)5-6-3-7-8-5;1-4(2)3/h3-4H,2H2,1H3,(H,6,7,8);(H-,1,2,3)/p+1. The highest BCUT2D eigenvalue weighted by Crippen LogP contribution is 2.15. The van der Waals surface area contributed by atoms with Crippen LogP contribution in [0.1, 0.15) is 25.3 Å². The van der Waals surface area contributed by atoms with E-state index in [1.807, 2.05) is 6.92 Å². The molecule has 0 spiro atoms. The van der Waals surface area contributed by atoms with Crippen LogP contribution in [0.4, 0.5) is 0 Å². The van der Waals surface area contributed by atoms with E-state index in [0.717, 1.165) is 0 Å². The van der Waals surface area contributed by atoms with Crippen molar-refractivity contribution in [2.24, 2.45) is 5.34 Å². The zero-order chi connectivity index (χ0) is 11.7. The fourth-order valence-electron chi connectivity index (χ4n) is 0.740. The molecule has 9 nitrogen and oxygen atoms in total. The second kappa shape index (κ2) is 7.92. The maximum absolute atomic E-state index is 9.74. The molecular formula is C5H10N4O5P+. The predicted molar refractivity (Wildman–Crippen MR) is 48.3 cm³/mol. The maximum atomic E-state index is 9.74. The van der Waals surface area contributed by atoms with E-state index in [2.05, 4.69) is 25.4 Å². The van der Waals surface area contributed by atoms with Crippen molar-refractivity contribution in [3.05, 3.63) is 17.1 Å². The Bertz CT molecular complexity index is 288. The van der Waals surface area contributed by atoms with Crippen LogP contribution in [0.5, 0.6) is 0 Å². The second-order valence-corrected chi connectivity index (χ2v) is 2.71. The number of nitrogens with one attached hydrogen (secondary N) is 1. The van der Waals surface area contributed by atoms with Gasteiger partial charge in [-0.2, -0.15) is 5.10 Å². The Morgan fingerprint density at radius 3 is 2.67 bits per heavy atom. The SMILES string of the molecule is CCC(ON=O)c1ncn[nH]1.O=[P+](O)O. The largest absolute Gasteiger partial charge is 0.692 e. The topological polar surface area (TPSA) is 138 Å². The fourth-order valence-corrected chi connectivity index (χ4v) is 0.740. The lowest BCUT2D eigenvalue weighted by Gasteiger charge is -2.04. The molecule has 15 heavy (non-hydrogen) atoms. The molecule has 0 saturated carbocycles. The minimum Gasteiger partial charge on any atom is -0.353 e. The van der Waals surface area contributed by atoms with Crippen molar-refractivity contribution in [2.75, 3.05) is 0 Å². The average molecular weight is 237 g/mol. The fraction of sp³-hybridized carbons (Fsp3) is 0.600. The molecule has 0 aromatic carbocycles. The van der Waals surface area contributed by atoms with Gasteiger partial charge >= 0.3 is 8.25 Å². The molecule has 0 radical (unpaired) electrons. The highest BCUT2D eigenvalue weighted by Gasteiger charge is 2.13. The van der Waals surface area contributed by atoms with Gasteiger partial charge in [0.2, 0.25) is 0 Å². The Balaban J connectivity index is 0.000000423. The highest BCUT2D eigenvalue weighted by atomic mass is 31.1. The molecule has 0 amide bonds. The highest BCUT2D eigenvalue weighted by molar-refractivity contribution is 7.30. The zero-order valence-electron chi connectivity index (χ0n) is 7.77. The van der Waals surface area contributed by atoms with Crippen molar-refractivity contribution in [1.82, 2.24) is 15.2 Å². The van der Waals surface area contributed by atoms with Crippen molar-refractivity contribution < 1.29 is 19.2 Å². The Kier molecular flexibility index (Phi) is 7.16. The second-order valence-electron chi connectivity index (χ2n) is 2.20. The van der Waals surface area contributed by atoms with Crippen LogP contribution >= 0.6 is 8.25 Å². The van der Waals surface area contributed by atoms with E-state index < -0.39 is 14.4 Å². The summed E-state index contributed by atoms with van der Waals surface area (Å²) in [6, 6.07) is 0. The van der Waals surface area contributed by atoms with E-state index in [-0.39, 0.29) is 0 Å². The molecule has 1 rings (SSSR count). The van der Waals surface area contributed by atoms with Gasteiger partial charge in [-0.25, -0.2) is 4.98 Å². The molecule has 1 aromatic heterocycles. The van der Waals surface area contributed by atoms with E-state index >= 15 is 0 Å². The first-order valence-electron chi connectivity index (χ1n) is 3.80. The molecular weight excluding hydrogens is 227 g/mol. The van der Waals surface area contributed by atoms with Gasteiger partial charge in [0, 0.05) is 4.57 Å². The normalized spacial score (nSPS) is 10.9. The summed E-state index contributed by atoms with van der Waals surface area (Å²) in [5.41, 5.74) is 0. The summed E-state index contributed by atoms with van der Waals surface area (Å²) in [5.74, 6) is 0.520. The van der Waals surface area contributed by atoms with Crippen LogP contribution in [0.25, 0.3) is 0 Å². The Morgan fingerprint density at radius 2 is 2.33 bits per heavy atom. The Morgan fingerprint density at radius 1 is 1.73 bits per heavy atom. The van der Waals surface area contributed by atoms with Gasteiger partial charge in [-0.15, -0.1) is 14.7 Å². The van der Waals surface area contributed by atoms with Crippen LogP contribution in [-0.2, 0) is 9.40 Å². The molecule has 0 bridgehead atoms. The molecule has 1 aromatic rings. The van der Waals surface area contributed by atoms with Crippen LogP contribution in [-0.4, -0.2) is 25.0 Å². The van der Waals surface area contributed by atoms with Gasteiger partial charge in [0.05, 0.1) is 0 Å². The third-order valence-corrected chi connectivity index (χ3v) is 1.28. The van der Waals surface area contributed by atoms with Crippen LogP contribution in [0.2, 0.25) is 0 Å². The molecule has 1 heterocycles. The van der Waals surface area contributed by atoms with Crippen LogP contribution in [0, 0.1) is 4.91 Å². The molecule has 1 atom stereocenters. The van der Waals surface area contributed by atoms with Crippen LogP contribution in [0.3, 0.4) is 0 Å². The van der Waals surface area contributed by atoms with Gasteiger partial charge in [0.15, 0.2) is 17.3 Å². The predicted octanol–water partition coefficient (Wildman–Crippen LogP) is 0.582. The van der Waals surface area contributed by atoms with Crippen molar-refractivity contribution in [2.45, 2.75) is 19.4 Å². The van der Waals surface area contributed by atoms with Gasteiger partial charge in [-0.3, -0.25) is 5.10 Å². The van der Waals surface area contributed by atoms with Crippen molar-refractivity contribution in [1.29, 1.82) is 0 Å². The van der Waals surface area contributed by atoms with Gasteiger partial charge in [0.1, 0.15) is 6.33 Å². The minimum atomic E-state index is -2.87. The van der Waals surface area contributed by atoms with E-state index in [1.54, 1.807) is 0 Å². The van der Waals surface area contributed by atoms with Crippen molar-refractivity contribution in [3.63, 3.8) is 0 Å². The number of hydrogen-bond acceptors (Lipinski definition) is 6. The molecule has 0 aliphatic carbocycles. The summed E-state index contributed by atoms with van der Waals surface area (Å²) in [4.78, 5) is 32.3. The Labute approximate surface area is 85.4 Å². The monoisotopic (exact) mass is 237 g/mol. The number of aromatic nitrogens is 3. The molecule has 0 saturated heterocycles.